The Balaban J connectivity index is 1.77. The van der Waals surface area contributed by atoms with E-state index in [1.165, 1.54) is 0 Å². The molecule has 0 saturated heterocycles. The Labute approximate surface area is 124 Å². The zero-order valence-electron chi connectivity index (χ0n) is 10.8. The van der Waals surface area contributed by atoms with Crippen molar-refractivity contribution >= 4 is 22.0 Å². The minimum absolute atomic E-state index is 0.266. The molecule has 2 aromatic rings. The highest BCUT2D eigenvalue weighted by molar-refractivity contribution is 9.10. The molecule has 0 aliphatic carbocycles. The number of hydrogen-bond donors (Lipinski definition) is 2. The van der Waals surface area contributed by atoms with Gasteiger partial charge in [-0.15, -0.1) is 0 Å². The molecule has 20 heavy (non-hydrogen) atoms. The van der Waals surface area contributed by atoms with E-state index in [9.17, 15) is 4.79 Å². The summed E-state index contributed by atoms with van der Waals surface area (Å²) in [5.41, 5.74) is 0.757. The van der Waals surface area contributed by atoms with E-state index < -0.39 is 0 Å². The third kappa shape index (κ3) is 4.54. The average Bonchev–Trinajstić information content (AvgIpc) is 2.45. The van der Waals surface area contributed by atoms with Crippen LogP contribution in [0.5, 0.6) is 0 Å². The van der Waals surface area contributed by atoms with Gasteiger partial charge in [-0.1, -0.05) is 0 Å². The molecule has 0 fully saturated rings. The Morgan fingerprint density at radius 3 is 2.60 bits per heavy atom. The van der Waals surface area contributed by atoms with Crippen molar-refractivity contribution in [2.24, 2.45) is 0 Å². The summed E-state index contributed by atoms with van der Waals surface area (Å²) in [5.74, 6) is 1.22. The summed E-state index contributed by atoms with van der Waals surface area (Å²) in [4.78, 5) is 27.9. The third-order valence-electron chi connectivity index (χ3n) is 2.34. The molecule has 2 amide bonds. The number of nitrogens with zero attached hydrogens (tertiary/aromatic N) is 4. The van der Waals surface area contributed by atoms with Crippen LogP contribution in [0.25, 0.3) is 0 Å². The maximum atomic E-state index is 11.6. The number of urea groups is 1. The van der Waals surface area contributed by atoms with Crippen LogP contribution in [0.1, 0.15) is 17.3 Å². The number of aromatic nitrogens is 4. The second-order valence-corrected chi connectivity index (χ2v) is 4.86. The lowest BCUT2D eigenvalue weighted by atomic mass is 10.4. The molecule has 0 aliphatic heterocycles. The van der Waals surface area contributed by atoms with Crippen LogP contribution in [0.15, 0.2) is 29.1 Å². The Morgan fingerprint density at radius 2 is 1.90 bits per heavy atom. The second kappa shape index (κ2) is 6.90. The Kier molecular flexibility index (Phi) is 4.94. The minimum Gasteiger partial charge on any atom is -0.332 e. The minimum atomic E-state index is -0.298. The van der Waals surface area contributed by atoms with Crippen molar-refractivity contribution in [3.8, 4) is 0 Å². The number of carbonyl (C=O) groups excluding carboxylic acids is 1. The summed E-state index contributed by atoms with van der Waals surface area (Å²) < 4.78 is 0.796. The first-order valence-corrected chi connectivity index (χ1v) is 6.69. The van der Waals surface area contributed by atoms with E-state index in [1.54, 1.807) is 31.6 Å². The van der Waals surface area contributed by atoms with Crippen LogP contribution in [-0.2, 0) is 13.1 Å². The van der Waals surface area contributed by atoms with E-state index in [4.69, 9.17) is 0 Å². The molecule has 0 aromatic carbocycles. The van der Waals surface area contributed by atoms with E-state index in [0.717, 1.165) is 10.2 Å². The summed E-state index contributed by atoms with van der Waals surface area (Å²) in [6, 6.07) is 1.46. The zero-order valence-corrected chi connectivity index (χ0v) is 12.4. The van der Waals surface area contributed by atoms with Gasteiger partial charge in [-0.3, -0.25) is 0 Å². The summed E-state index contributed by atoms with van der Waals surface area (Å²) in [6.45, 7) is 2.41. The fourth-order valence-corrected chi connectivity index (χ4v) is 1.63. The van der Waals surface area contributed by atoms with Crippen LogP contribution in [0.2, 0.25) is 0 Å². The third-order valence-corrected chi connectivity index (χ3v) is 2.75. The lowest BCUT2D eigenvalue weighted by Gasteiger charge is -2.06. The Hall–Kier alpha value is -2.09. The SMILES string of the molecule is Cc1nccc(CNC(=O)NCc2ncc(Br)cn2)n1. The normalized spacial score (nSPS) is 10.1. The van der Waals surface area contributed by atoms with Gasteiger partial charge in [-0.2, -0.15) is 0 Å². The van der Waals surface area contributed by atoms with Crippen LogP contribution in [-0.4, -0.2) is 26.0 Å². The van der Waals surface area contributed by atoms with E-state index in [1.807, 2.05) is 0 Å². The van der Waals surface area contributed by atoms with Crippen LogP contribution < -0.4 is 10.6 Å². The average molecular weight is 337 g/mol. The summed E-state index contributed by atoms with van der Waals surface area (Å²) >= 11 is 3.25. The van der Waals surface area contributed by atoms with E-state index in [2.05, 4.69) is 46.5 Å². The van der Waals surface area contributed by atoms with Gasteiger partial charge in [0.2, 0.25) is 0 Å². The molecule has 2 heterocycles. The molecule has 0 saturated carbocycles. The van der Waals surface area contributed by atoms with E-state index in [0.29, 0.717) is 18.2 Å². The molecule has 0 atom stereocenters. The highest BCUT2D eigenvalue weighted by Crippen LogP contribution is 2.03. The van der Waals surface area contributed by atoms with Crippen LogP contribution in [0.3, 0.4) is 0 Å². The predicted molar refractivity (Wildman–Crippen MR) is 75.6 cm³/mol. The van der Waals surface area contributed by atoms with Crippen molar-refractivity contribution < 1.29 is 4.79 Å². The Morgan fingerprint density at radius 1 is 1.20 bits per heavy atom. The fraction of sp³-hybridized carbons (Fsp3) is 0.250. The predicted octanol–water partition coefficient (Wildman–Crippen LogP) is 1.34. The fourth-order valence-electron chi connectivity index (χ4n) is 1.43. The molecule has 0 aliphatic rings. The molecule has 2 N–H and O–H groups in total. The quantitative estimate of drug-likeness (QED) is 0.878. The molecule has 8 heteroatoms. The van der Waals surface area contributed by atoms with Gasteiger partial charge in [0.05, 0.1) is 23.3 Å². The van der Waals surface area contributed by atoms with Gasteiger partial charge in [0, 0.05) is 18.6 Å². The molecule has 0 bridgehead atoms. The van der Waals surface area contributed by atoms with Crippen LogP contribution in [0.4, 0.5) is 4.79 Å². The topological polar surface area (TPSA) is 92.7 Å². The highest BCUT2D eigenvalue weighted by Gasteiger charge is 2.03. The molecule has 7 nitrogen and oxygen atoms in total. The van der Waals surface area contributed by atoms with Gasteiger partial charge in [0.1, 0.15) is 11.6 Å². The van der Waals surface area contributed by atoms with Crippen molar-refractivity contribution in [2.75, 3.05) is 0 Å². The Bertz CT molecular complexity index is 589. The number of rotatable bonds is 4. The van der Waals surface area contributed by atoms with E-state index in [-0.39, 0.29) is 12.6 Å². The number of aryl methyl sites for hydroxylation is 1. The van der Waals surface area contributed by atoms with Crippen molar-refractivity contribution in [1.29, 1.82) is 0 Å². The van der Waals surface area contributed by atoms with E-state index >= 15 is 0 Å². The van der Waals surface area contributed by atoms with Crippen molar-refractivity contribution in [1.82, 2.24) is 30.6 Å². The standard InChI is InChI=1S/C12H13BrN6O/c1-8-14-3-2-10(19-8)6-17-12(20)18-7-11-15-4-9(13)5-16-11/h2-5H,6-7H2,1H3,(H2,17,18,20). The summed E-state index contributed by atoms with van der Waals surface area (Å²) in [7, 11) is 0. The first-order chi connectivity index (χ1) is 9.63. The number of amides is 2. The molecular weight excluding hydrogens is 324 g/mol. The van der Waals surface area contributed by atoms with Gasteiger partial charge >= 0.3 is 6.03 Å². The maximum absolute atomic E-state index is 11.6. The number of hydrogen-bond acceptors (Lipinski definition) is 5. The number of halogens is 1. The van der Waals surface area contributed by atoms with Crippen molar-refractivity contribution in [2.45, 2.75) is 20.0 Å². The van der Waals surface area contributed by atoms with Crippen LogP contribution >= 0.6 is 15.9 Å². The smallest absolute Gasteiger partial charge is 0.315 e. The summed E-state index contributed by atoms with van der Waals surface area (Å²) in [6.07, 6.45) is 4.92. The molecular formula is C12H13BrN6O. The largest absolute Gasteiger partial charge is 0.332 e. The molecule has 2 rings (SSSR count). The monoisotopic (exact) mass is 336 g/mol. The van der Waals surface area contributed by atoms with Gasteiger partial charge in [-0.25, -0.2) is 24.7 Å². The lowest BCUT2D eigenvalue weighted by Crippen LogP contribution is -2.35. The molecule has 104 valence electrons. The first-order valence-electron chi connectivity index (χ1n) is 5.90. The highest BCUT2D eigenvalue weighted by atomic mass is 79.9. The number of carbonyl (C=O) groups is 1. The second-order valence-electron chi connectivity index (χ2n) is 3.95. The molecule has 0 spiro atoms. The van der Waals surface area contributed by atoms with Gasteiger partial charge in [0.15, 0.2) is 0 Å². The molecule has 0 radical (unpaired) electrons. The maximum Gasteiger partial charge on any atom is 0.315 e. The lowest BCUT2D eigenvalue weighted by molar-refractivity contribution is 0.239. The van der Waals surface area contributed by atoms with Gasteiger partial charge in [0.25, 0.3) is 0 Å². The van der Waals surface area contributed by atoms with Gasteiger partial charge < -0.3 is 10.6 Å². The summed E-state index contributed by atoms with van der Waals surface area (Å²) in [5, 5.41) is 5.37. The van der Waals surface area contributed by atoms with Gasteiger partial charge in [-0.05, 0) is 28.9 Å². The van der Waals surface area contributed by atoms with Crippen molar-refractivity contribution in [3.05, 3.63) is 46.5 Å². The molecule has 0 unspecified atom stereocenters. The first kappa shape index (κ1) is 14.3. The van der Waals surface area contributed by atoms with Crippen molar-refractivity contribution in [3.63, 3.8) is 0 Å². The number of nitrogens with one attached hydrogen (secondary N) is 2. The molecule has 2 aromatic heterocycles. The van der Waals surface area contributed by atoms with Crippen LogP contribution in [0, 0.1) is 6.92 Å². The zero-order chi connectivity index (χ0) is 14.4.